The number of nitrogens with one attached hydrogen (secondary N) is 1. The summed E-state index contributed by atoms with van der Waals surface area (Å²) >= 11 is 0. The highest BCUT2D eigenvalue weighted by Crippen LogP contribution is 2.44. The van der Waals surface area contributed by atoms with Gasteiger partial charge < -0.3 is 19.9 Å². The zero-order chi connectivity index (χ0) is 36.3. The average molecular weight is 699 g/mol. The van der Waals surface area contributed by atoms with Crippen LogP contribution in [-0.2, 0) is 41.8 Å². The van der Waals surface area contributed by atoms with Crippen molar-refractivity contribution in [2.24, 2.45) is 15.2 Å². The van der Waals surface area contributed by atoms with Gasteiger partial charge in [-0.25, -0.2) is 4.99 Å². The Balaban J connectivity index is 1.66. The number of rotatable bonds is 15. The minimum Gasteiger partial charge on any atom is -0.494 e. The van der Waals surface area contributed by atoms with E-state index in [-0.39, 0.29) is 37.6 Å². The number of aliphatic hydroxyl groups is 1. The van der Waals surface area contributed by atoms with Gasteiger partial charge in [-0.1, -0.05) is 77.0 Å². The number of carbonyl (C=O) groups is 1. The quantitative estimate of drug-likeness (QED) is 0.0555. The van der Waals surface area contributed by atoms with Crippen LogP contribution in [0.1, 0.15) is 51.5 Å². The SMILES string of the molecule is [N-]=[N+]=NCc1ccccc1C[C@@]1(C(=O)NCc2ccccc2C(F)(F)F)N=C(c2ccc(OCCCO)cc2)O[C@@H]1c1ccccc1CN=[N+]=[N-]. The Morgan fingerprint density at radius 3 is 2.16 bits per heavy atom. The molecule has 4 aromatic carbocycles. The van der Waals surface area contributed by atoms with Crippen molar-refractivity contribution in [1.82, 2.24) is 5.32 Å². The molecule has 2 N–H and O–H groups in total. The molecule has 1 aliphatic heterocycles. The maximum absolute atomic E-state index is 14.7. The Morgan fingerprint density at radius 1 is 0.882 bits per heavy atom. The highest BCUT2D eigenvalue weighted by Gasteiger charge is 2.54. The first kappa shape index (κ1) is 36.3. The number of hydrogen-bond acceptors (Lipinski definition) is 7. The summed E-state index contributed by atoms with van der Waals surface area (Å²) in [6.45, 7) is -0.298. The maximum Gasteiger partial charge on any atom is 0.416 e. The normalized spacial score (nSPS) is 16.6. The van der Waals surface area contributed by atoms with Crippen molar-refractivity contribution in [2.45, 2.75) is 50.3 Å². The molecule has 15 heteroatoms. The predicted octanol–water partition coefficient (Wildman–Crippen LogP) is 7.90. The molecule has 0 saturated heterocycles. The molecule has 5 rings (SSSR count). The molecule has 0 saturated carbocycles. The van der Waals surface area contributed by atoms with Gasteiger partial charge in [0.25, 0.3) is 5.91 Å². The van der Waals surface area contributed by atoms with Crippen LogP contribution in [0.15, 0.2) is 112 Å². The van der Waals surface area contributed by atoms with E-state index in [4.69, 9.17) is 30.6 Å². The summed E-state index contributed by atoms with van der Waals surface area (Å²) in [7, 11) is 0. The zero-order valence-electron chi connectivity index (χ0n) is 27.2. The molecule has 0 bridgehead atoms. The smallest absolute Gasteiger partial charge is 0.416 e. The fraction of sp³-hybridized carbons (Fsp3) is 0.278. The Labute approximate surface area is 290 Å². The van der Waals surface area contributed by atoms with Gasteiger partial charge in [0.1, 0.15) is 5.75 Å². The third-order valence-corrected chi connectivity index (χ3v) is 8.32. The number of carbonyl (C=O) groups excluding carboxylic acids is 1. The lowest BCUT2D eigenvalue weighted by molar-refractivity contribution is -0.138. The molecule has 0 unspecified atom stereocenters. The van der Waals surface area contributed by atoms with E-state index in [9.17, 15) is 18.0 Å². The van der Waals surface area contributed by atoms with Crippen molar-refractivity contribution in [3.63, 3.8) is 0 Å². The van der Waals surface area contributed by atoms with Crippen molar-refractivity contribution in [3.05, 3.63) is 157 Å². The van der Waals surface area contributed by atoms with Crippen molar-refractivity contribution in [3.8, 4) is 5.75 Å². The third kappa shape index (κ3) is 8.60. The van der Waals surface area contributed by atoms with E-state index < -0.39 is 35.8 Å². The molecule has 51 heavy (non-hydrogen) atoms. The average Bonchev–Trinajstić information content (AvgIpc) is 3.53. The fourth-order valence-electron chi connectivity index (χ4n) is 5.86. The second kappa shape index (κ2) is 16.6. The van der Waals surface area contributed by atoms with Crippen molar-refractivity contribution in [1.29, 1.82) is 0 Å². The van der Waals surface area contributed by atoms with Crippen LogP contribution < -0.4 is 10.1 Å². The molecule has 0 aliphatic carbocycles. The predicted molar refractivity (Wildman–Crippen MR) is 182 cm³/mol. The number of azide groups is 2. The van der Waals surface area contributed by atoms with E-state index in [1.165, 1.54) is 18.2 Å². The largest absolute Gasteiger partial charge is 0.494 e. The summed E-state index contributed by atoms with van der Waals surface area (Å²) in [5, 5.41) is 19.2. The topological polar surface area (TPSA) is 178 Å². The minimum absolute atomic E-state index is 0.0246. The molecular weight excluding hydrogens is 665 g/mol. The number of aliphatic hydroxyl groups excluding tert-OH is 1. The number of aliphatic imine (C=N–C) groups is 1. The summed E-state index contributed by atoms with van der Waals surface area (Å²) in [6, 6.07) is 25.7. The van der Waals surface area contributed by atoms with Gasteiger partial charge in [0, 0.05) is 41.4 Å². The molecule has 2 atom stereocenters. The third-order valence-electron chi connectivity index (χ3n) is 8.32. The number of halogens is 3. The highest BCUT2D eigenvalue weighted by atomic mass is 19.4. The fourth-order valence-corrected chi connectivity index (χ4v) is 5.86. The molecule has 1 amide bonds. The monoisotopic (exact) mass is 698 g/mol. The minimum atomic E-state index is -4.66. The van der Waals surface area contributed by atoms with Gasteiger partial charge >= 0.3 is 6.18 Å². The Morgan fingerprint density at radius 2 is 1.49 bits per heavy atom. The summed E-state index contributed by atoms with van der Waals surface area (Å²) in [5.41, 5.74) is 18.0. The van der Waals surface area contributed by atoms with Gasteiger partial charge in [0.05, 0.1) is 25.3 Å². The molecule has 0 spiro atoms. The zero-order valence-corrected chi connectivity index (χ0v) is 27.2. The molecule has 4 aromatic rings. The lowest BCUT2D eigenvalue weighted by atomic mass is 9.79. The first-order valence-electron chi connectivity index (χ1n) is 15.9. The van der Waals surface area contributed by atoms with Crippen molar-refractivity contribution in [2.75, 3.05) is 13.2 Å². The van der Waals surface area contributed by atoms with E-state index in [2.05, 4.69) is 25.4 Å². The molecule has 12 nitrogen and oxygen atoms in total. The number of amides is 1. The number of hydrogen-bond donors (Lipinski definition) is 2. The summed E-state index contributed by atoms with van der Waals surface area (Å²) < 4.78 is 54.0. The number of ether oxygens (including phenoxy) is 2. The molecule has 1 heterocycles. The molecule has 262 valence electrons. The van der Waals surface area contributed by atoms with Crippen LogP contribution in [0.5, 0.6) is 5.75 Å². The second-order valence-electron chi connectivity index (χ2n) is 11.5. The van der Waals surface area contributed by atoms with Crippen LogP contribution in [0.4, 0.5) is 13.2 Å². The van der Waals surface area contributed by atoms with Gasteiger partial charge in [0.15, 0.2) is 11.6 Å². The van der Waals surface area contributed by atoms with Gasteiger partial charge in [0.2, 0.25) is 5.90 Å². The van der Waals surface area contributed by atoms with Gasteiger partial charge in [-0.15, -0.1) is 0 Å². The molecule has 0 aromatic heterocycles. The van der Waals surface area contributed by atoms with E-state index in [0.29, 0.717) is 46.6 Å². The van der Waals surface area contributed by atoms with Crippen LogP contribution in [0.25, 0.3) is 20.9 Å². The second-order valence-corrected chi connectivity index (χ2v) is 11.5. The molecule has 0 fully saturated rings. The van der Waals surface area contributed by atoms with E-state index in [1.54, 1.807) is 72.8 Å². The van der Waals surface area contributed by atoms with Crippen molar-refractivity contribution < 1.29 is 32.5 Å². The lowest BCUT2D eigenvalue weighted by Gasteiger charge is -2.32. The first-order valence-corrected chi connectivity index (χ1v) is 15.9. The van der Waals surface area contributed by atoms with Gasteiger partial charge in [-0.3, -0.25) is 4.79 Å². The van der Waals surface area contributed by atoms with Gasteiger partial charge in [-0.2, -0.15) is 13.2 Å². The first-order chi connectivity index (χ1) is 24.7. The van der Waals surface area contributed by atoms with Crippen LogP contribution >= 0.6 is 0 Å². The van der Waals surface area contributed by atoms with Crippen LogP contribution in [0.3, 0.4) is 0 Å². The van der Waals surface area contributed by atoms with Gasteiger partial charge in [-0.05, 0) is 69.2 Å². The van der Waals surface area contributed by atoms with Crippen LogP contribution in [0, 0.1) is 0 Å². The van der Waals surface area contributed by atoms with Crippen LogP contribution in [0.2, 0.25) is 0 Å². The summed E-state index contributed by atoms with van der Waals surface area (Å²) in [4.78, 5) is 25.4. The van der Waals surface area contributed by atoms with Crippen LogP contribution in [-0.4, -0.2) is 35.7 Å². The van der Waals surface area contributed by atoms with E-state index >= 15 is 0 Å². The Hall–Kier alpha value is -6.01. The number of benzene rings is 4. The lowest BCUT2D eigenvalue weighted by Crippen LogP contribution is -2.50. The number of nitrogens with zero attached hydrogens (tertiary/aromatic N) is 7. The van der Waals surface area contributed by atoms with E-state index in [1.807, 2.05) is 0 Å². The maximum atomic E-state index is 14.7. The van der Waals surface area contributed by atoms with E-state index in [0.717, 1.165) is 6.07 Å². The Bertz CT molecular complexity index is 1980. The highest BCUT2D eigenvalue weighted by molar-refractivity contribution is 6.01. The molecule has 0 radical (unpaired) electrons. The summed E-state index contributed by atoms with van der Waals surface area (Å²) in [5.74, 6) is -0.110. The molecule has 1 aliphatic rings. The number of alkyl halides is 3. The Kier molecular flexibility index (Phi) is 11.8. The summed E-state index contributed by atoms with van der Waals surface area (Å²) in [6.07, 6.45) is -5.47. The molecular formula is C36H33F3N8O4. The standard InChI is InChI=1S/C36H33F3N8O4/c37-36(38,39)31-13-6-4-11-28(31)21-42-34(49)35(20-25-8-1-2-9-26(25)22-43-46-40)32(30-12-5-3-10-27(30)23-44-47-41)51-33(45-35)24-14-16-29(17-15-24)50-19-7-18-48/h1-6,8-17,32,48H,7,18-23H2,(H,42,49)/t32-,35-/m1/s1. The van der Waals surface area contributed by atoms with Crippen molar-refractivity contribution >= 4 is 11.8 Å².